The van der Waals surface area contributed by atoms with E-state index in [4.69, 9.17) is 4.74 Å². The van der Waals surface area contributed by atoms with Gasteiger partial charge in [-0.05, 0) is 24.6 Å². The number of amides is 1. The minimum absolute atomic E-state index is 0.144. The number of rotatable bonds is 5. The number of benzene rings is 1. The quantitative estimate of drug-likeness (QED) is 0.921. The van der Waals surface area contributed by atoms with Gasteiger partial charge in [-0.3, -0.25) is 9.78 Å². The van der Waals surface area contributed by atoms with Crippen molar-refractivity contribution in [2.75, 3.05) is 25.5 Å². The number of para-hydroxylation sites is 1. The van der Waals surface area contributed by atoms with Crippen molar-refractivity contribution in [2.24, 2.45) is 0 Å². The molecule has 1 aliphatic rings. The Kier molecular flexibility index (Phi) is 4.76. The summed E-state index contributed by atoms with van der Waals surface area (Å²) in [5, 5.41) is 3.43. The summed E-state index contributed by atoms with van der Waals surface area (Å²) in [5.41, 5.74) is 1.93. The largest absolute Gasteiger partial charge is 0.496 e. The van der Waals surface area contributed by atoms with Crippen molar-refractivity contribution in [3.63, 3.8) is 0 Å². The monoisotopic (exact) mass is 311 g/mol. The highest BCUT2D eigenvalue weighted by Crippen LogP contribution is 2.21. The van der Waals surface area contributed by atoms with Gasteiger partial charge in [-0.2, -0.15) is 0 Å². The van der Waals surface area contributed by atoms with Gasteiger partial charge in [0.25, 0.3) is 0 Å². The van der Waals surface area contributed by atoms with E-state index in [0.717, 1.165) is 36.5 Å². The number of aromatic nitrogens is 1. The van der Waals surface area contributed by atoms with Crippen LogP contribution in [0.15, 0.2) is 48.8 Å². The number of anilines is 1. The summed E-state index contributed by atoms with van der Waals surface area (Å²) in [6.07, 6.45) is 4.89. The number of carbonyl (C=O) groups excluding carboxylic acids is 1. The number of ether oxygens (including phenoxy) is 1. The minimum Gasteiger partial charge on any atom is -0.496 e. The van der Waals surface area contributed by atoms with Crippen molar-refractivity contribution < 1.29 is 9.53 Å². The number of methoxy groups -OCH3 is 1. The maximum Gasteiger partial charge on any atom is 0.227 e. The van der Waals surface area contributed by atoms with Gasteiger partial charge in [-0.15, -0.1) is 0 Å². The zero-order valence-corrected chi connectivity index (χ0v) is 13.2. The van der Waals surface area contributed by atoms with Gasteiger partial charge in [0, 0.05) is 37.1 Å². The molecular formula is C18H21N3O2. The zero-order chi connectivity index (χ0) is 16.1. The molecule has 0 bridgehead atoms. The predicted octanol–water partition coefficient (Wildman–Crippen LogP) is 2.35. The van der Waals surface area contributed by atoms with Crippen LogP contribution < -0.4 is 10.1 Å². The Bertz CT molecular complexity index is 660. The van der Waals surface area contributed by atoms with Crippen molar-refractivity contribution >= 4 is 11.6 Å². The van der Waals surface area contributed by atoms with Gasteiger partial charge in [-0.25, -0.2) is 0 Å². The summed E-state index contributed by atoms with van der Waals surface area (Å²) in [6, 6.07) is 11.9. The third-order valence-corrected chi connectivity index (χ3v) is 4.11. The van der Waals surface area contributed by atoms with E-state index < -0.39 is 0 Å². The Morgan fingerprint density at radius 2 is 2.22 bits per heavy atom. The van der Waals surface area contributed by atoms with Crippen molar-refractivity contribution in [1.29, 1.82) is 0 Å². The number of likely N-dealkylation sites (tertiary alicyclic amines) is 1. The van der Waals surface area contributed by atoms with Gasteiger partial charge in [0.1, 0.15) is 5.75 Å². The van der Waals surface area contributed by atoms with Gasteiger partial charge in [0.2, 0.25) is 5.91 Å². The van der Waals surface area contributed by atoms with E-state index in [0.29, 0.717) is 6.42 Å². The van der Waals surface area contributed by atoms with Gasteiger partial charge < -0.3 is 15.0 Å². The van der Waals surface area contributed by atoms with Crippen LogP contribution in [0.2, 0.25) is 0 Å². The second kappa shape index (κ2) is 7.13. The fraction of sp³-hybridized carbons (Fsp3) is 0.333. The maximum atomic E-state index is 12.5. The molecule has 0 aliphatic carbocycles. The lowest BCUT2D eigenvalue weighted by Crippen LogP contribution is -2.32. The molecule has 5 heteroatoms. The van der Waals surface area contributed by atoms with E-state index in [-0.39, 0.29) is 11.9 Å². The van der Waals surface area contributed by atoms with Crippen LogP contribution in [-0.4, -0.2) is 42.0 Å². The first-order valence-electron chi connectivity index (χ1n) is 7.82. The summed E-state index contributed by atoms with van der Waals surface area (Å²) in [6.45, 7) is 1.51. The predicted molar refractivity (Wildman–Crippen MR) is 89.5 cm³/mol. The molecule has 120 valence electrons. The first-order valence-corrected chi connectivity index (χ1v) is 7.82. The maximum absolute atomic E-state index is 12.5. The van der Waals surface area contributed by atoms with Crippen LogP contribution in [-0.2, 0) is 11.2 Å². The van der Waals surface area contributed by atoms with Crippen LogP contribution in [0.1, 0.15) is 12.0 Å². The molecule has 2 aromatic rings. The molecule has 3 rings (SSSR count). The number of carbonyl (C=O) groups is 1. The second-order valence-electron chi connectivity index (χ2n) is 5.70. The van der Waals surface area contributed by atoms with E-state index in [1.807, 2.05) is 41.3 Å². The first kappa shape index (κ1) is 15.3. The van der Waals surface area contributed by atoms with E-state index in [1.165, 1.54) is 0 Å². The number of hydrogen-bond acceptors (Lipinski definition) is 4. The molecule has 2 heterocycles. The van der Waals surface area contributed by atoms with Gasteiger partial charge in [0.05, 0.1) is 19.2 Å². The Balaban J connectivity index is 1.57. The molecule has 1 aromatic heterocycles. The molecule has 1 fully saturated rings. The highest BCUT2D eigenvalue weighted by atomic mass is 16.5. The highest BCUT2D eigenvalue weighted by molar-refractivity contribution is 5.80. The lowest BCUT2D eigenvalue weighted by atomic mass is 10.1. The number of nitrogens with one attached hydrogen (secondary N) is 1. The fourth-order valence-corrected chi connectivity index (χ4v) is 2.91. The topological polar surface area (TPSA) is 54.5 Å². The molecule has 0 unspecified atom stereocenters. The van der Waals surface area contributed by atoms with E-state index in [1.54, 1.807) is 19.5 Å². The van der Waals surface area contributed by atoms with E-state index in [9.17, 15) is 4.79 Å². The van der Waals surface area contributed by atoms with Crippen LogP contribution in [0.5, 0.6) is 5.75 Å². The van der Waals surface area contributed by atoms with Gasteiger partial charge >= 0.3 is 0 Å². The number of hydrogen-bond donors (Lipinski definition) is 1. The van der Waals surface area contributed by atoms with Crippen LogP contribution in [0.3, 0.4) is 0 Å². The third kappa shape index (κ3) is 3.80. The first-order chi connectivity index (χ1) is 11.3. The molecule has 1 aromatic carbocycles. The van der Waals surface area contributed by atoms with Crippen LogP contribution >= 0.6 is 0 Å². The lowest BCUT2D eigenvalue weighted by molar-refractivity contribution is -0.129. The molecule has 5 nitrogen and oxygen atoms in total. The summed E-state index contributed by atoms with van der Waals surface area (Å²) < 4.78 is 5.32. The number of nitrogens with zero attached hydrogens (tertiary/aromatic N) is 2. The molecule has 1 aliphatic heterocycles. The standard InChI is InChI=1S/C18H21N3O2/c1-23-17-7-3-2-5-14(17)11-18(22)21-10-8-16(13-21)20-15-6-4-9-19-12-15/h2-7,9,12,16,20H,8,10-11,13H2,1H3/t16-/m0/s1. The third-order valence-electron chi connectivity index (χ3n) is 4.11. The molecule has 1 N–H and O–H groups in total. The Labute approximate surface area is 136 Å². The molecule has 0 spiro atoms. The average molecular weight is 311 g/mol. The van der Waals surface area contributed by atoms with Crippen LogP contribution in [0, 0.1) is 0 Å². The molecule has 0 radical (unpaired) electrons. The molecule has 0 saturated carbocycles. The lowest BCUT2D eigenvalue weighted by Gasteiger charge is -2.18. The van der Waals surface area contributed by atoms with Crippen molar-refractivity contribution in [2.45, 2.75) is 18.9 Å². The van der Waals surface area contributed by atoms with Gasteiger partial charge in [-0.1, -0.05) is 18.2 Å². The van der Waals surface area contributed by atoms with Crippen molar-refractivity contribution in [3.05, 3.63) is 54.4 Å². The summed E-state index contributed by atoms with van der Waals surface area (Å²) in [5.74, 6) is 0.912. The van der Waals surface area contributed by atoms with E-state index in [2.05, 4.69) is 10.3 Å². The summed E-state index contributed by atoms with van der Waals surface area (Å²) in [4.78, 5) is 18.5. The molecule has 1 atom stereocenters. The van der Waals surface area contributed by atoms with E-state index >= 15 is 0 Å². The van der Waals surface area contributed by atoms with Gasteiger partial charge in [0.15, 0.2) is 0 Å². The number of pyridine rings is 1. The molecule has 1 amide bonds. The fourth-order valence-electron chi connectivity index (χ4n) is 2.91. The van der Waals surface area contributed by atoms with Crippen LogP contribution in [0.4, 0.5) is 5.69 Å². The van der Waals surface area contributed by atoms with Crippen molar-refractivity contribution in [1.82, 2.24) is 9.88 Å². The SMILES string of the molecule is COc1ccccc1CC(=O)N1CC[C@H](Nc2cccnc2)C1. The van der Waals surface area contributed by atoms with Crippen molar-refractivity contribution in [3.8, 4) is 5.75 Å². The molecular weight excluding hydrogens is 290 g/mol. The Morgan fingerprint density at radius 3 is 3.00 bits per heavy atom. The summed E-state index contributed by atoms with van der Waals surface area (Å²) in [7, 11) is 1.63. The Morgan fingerprint density at radius 1 is 1.35 bits per heavy atom. The molecule has 23 heavy (non-hydrogen) atoms. The molecule has 1 saturated heterocycles. The summed E-state index contributed by atoms with van der Waals surface area (Å²) >= 11 is 0. The smallest absolute Gasteiger partial charge is 0.227 e. The average Bonchev–Trinajstić information content (AvgIpc) is 3.05. The zero-order valence-electron chi connectivity index (χ0n) is 13.2. The highest BCUT2D eigenvalue weighted by Gasteiger charge is 2.26. The second-order valence-corrected chi connectivity index (χ2v) is 5.70. The van der Waals surface area contributed by atoms with Crippen LogP contribution in [0.25, 0.3) is 0 Å². The normalized spacial score (nSPS) is 17.1. The Hall–Kier alpha value is -2.56. The minimum atomic E-state index is 0.144.